The van der Waals surface area contributed by atoms with Crippen molar-refractivity contribution in [1.82, 2.24) is 4.98 Å². The third-order valence-corrected chi connectivity index (χ3v) is 3.36. The van der Waals surface area contributed by atoms with Gasteiger partial charge in [0.1, 0.15) is 10.7 Å². The average Bonchev–Trinajstić information content (AvgIpc) is 2.39. The molecule has 0 aliphatic heterocycles. The van der Waals surface area contributed by atoms with E-state index in [9.17, 15) is 0 Å². The molecule has 0 saturated heterocycles. The molecule has 1 unspecified atom stereocenters. The fraction of sp³-hybridized carbons (Fsp3) is 0.571. The number of unbranched alkanes of at least 4 members (excludes halogenated alkanes) is 1. The first-order valence-corrected chi connectivity index (χ1v) is 7.08. The van der Waals surface area contributed by atoms with Crippen LogP contribution < -0.4 is 11.1 Å². The molecule has 4 heteroatoms. The highest BCUT2D eigenvalue weighted by Crippen LogP contribution is 2.16. The van der Waals surface area contributed by atoms with E-state index in [4.69, 9.17) is 18.0 Å². The van der Waals surface area contributed by atoms with Crippen LogP contribution in [0.2, 0.25) is 0 Å². The van der Waals surface area contributed by atoms with Crippen molar-refractivity contribution in [2.45, 2.75) is 39.5 Å². The van der Waals surface area contributed by atoms with Crippen LogP contribution >= 0.6 is 12.2 Å². The summed E-state index contributed by atoms with van der Waals surface area (Å²) < 4.78 is 0. The minimum atomic E-state index is 0.347. The lowest BCUT2D eigenvalue weighted by molar-refractivity contribution is 0.473. The Balaban J connectivity index is 2.59. The molecule has 0 aliphatic carbocycles. The summed E-state index contributed by atoms with van der Waals surface area (Å²) in [5.74, 6) is 0.698. The Kier molecular flexibility index (Phi) is 6.65. The maximum atomic E-state index is 5.66. The zero-order chi connectivity index (χ0) is 13.4. The molecule has 0 saturated carbocycles. The molecule has 3 nitrogen and oxygen atoms in total. The van der Waals surface area contributed by atoms with Crippen LogP contribution in [0.3, 0.4) is 0 Å². The Bertz CT molecular complexity index is 379. The van der Waals surface area contributed by atoms with Gasteiger partial charge in [0, 0.05) is 12.7 Å². The summed E-state index contributed by atoms with van der Waals surface area (Å²) in [5.41, 5.74) is 7.30. The molecular formula is C14H23N3S. The molecule has 3 N–H and O–H groups in total. The minimum absolute atomic E-state index is 0.347. The van der Waals surface area contributed by atoms with Crippen molar-refractivity contribution in [2.24, 2.45) is 11.7 Å². The third kappa shape index (κ3) is 4.61. The zero-order valence-corrected chi connectivity index (χ0v) is 12.1. The lowest BCUT2D eigenvalue weighted by Gasteiger charge is -2.17. The highest BCUT2D eigenvalue weighted by molar-refractivity contribution is 7.80. The van der Waals surface area contributed by atoms with Crippen LogP contribution in [0.4, 0.5) is 5.69 Å². The molecule has 1 aromatic heterocycles. The van der Waals surface area contributed by atoms with Gasteiger partial charge < -0.3 is 11.1 Å². The number of nitrogens with zero attached hydrogens (tertiary/aromatic N) is 1. The first kappa shape index (κ1) is 14.9. The van der Waals surface area contributed by atoms with Gasteiger partial charge in [-0.25, -0.2) is 0 Å². The van der Waals surface area contributed by atoms with Crippen LogP contribution in [0, 0.1) is 5.92 Å². The molecule has 1 aromatic rings. The molecule has 0 fully saturated rings. The number of hydrogen-bond donors (Lipinski definition) is 2. The number of nitrogens with one attached hydrogen (secondary N) is 1. The second kappa shape index (κ2) is 8.03. The minimum Gasteiger partial charge on any atom is -0.388 e. The first-order chi connectivity index (χ1) is 8.69. The van der Waals surface area contributed by atoms with E-state index in [1.54, 1.807) is 6.20 Å². The Morgan fingerprint density at radius 3 is 2.89 bits per heavy atom. The van der Waals surface area contributed by atoms with Crippen molar-refractivity contribution < 1.29 is 0 Å². The third-order valence-electron chi connectivity index (χ3n) is 3.17. The zero-order valence-electron chi connectivity index (χ0n) is 11.3. The number of anilines is 1. The summed E-state index contributed by atoms with van der Waals surface area (Å²) in [4.78, 5) is 4.56. The van der Waals surface area contributed by atoms with Crippen LogP contribution in [0.25, 0.3) is 0 Å². The number of hydrogen-bond acceptors (Lipinski definition) is 3. The second-order valence-corrected chi connectivity index (χ2v) is 5.00. The average molecular weight is 265 g/mol. The number of rotatable bonds is 8. The van der Waals surface area contributed by atoms with E-state index in [1.165, 1.54) is 25.7 Å². The lowest BCUT2D eigenvalue weighted by Crippen LogP contribution is -2.18. The number of pyridine rings is 1. The standard InChI is InChI=1S/C14H23N3S/c1-3-5-7-11(4-2)10-17-12-8-6-9-16-13(12)14(15)18/h6,8-9,11,17H,3-5,7,10H2,1-2H3,(H2,15,18). The smallest absolute Gasteiger partial charge is 0.124 e. The maximum Gasteiger partial charge on any atom is 0.124 e. The Labute approximate surface area is 115 Å². The quantitative estimate of drug-likeness (QED) is 0.708. The van der Waals surface area contributed by atoms with Gasteiger partial charge in [-0.1, -0.05) is 45.3 Å². The van der Waals surface area contributed by atoms with Gasteiger partial charge in [-0.3, -0.25) is 4.98 Å². The molecule has 0 amide bonds. The second-order valence-electron chi connectivity index (χ2n) is 4.56. The molecule has 1 heterocycles. The number of aromatic nitrogens is 1. The predicted octanol–water partition coefficient (Wildman–Crippen LogP) is 3.34. The molecule has 100 valence electrons. The molecule has 0 aromatic carbocycles. The highest BCUT2D eigenvalue weighted by atomic mass is 32.1. The summed E-state index contributed by atoms with van der Waals surface area (Å²) in [7, 11) is 0. The SMILES string of the molecule is CCCCC(CC)CNc1cccnc1C(N)=S. The molecule has 0 bridgehead atoms. The van der Waals surface area contributed by atoms with Gasteiger partial charge >= 0.3 is 0 Å². The van der Waals surface area contributed by atoms with E-state index < -0.39 is 0 Å². The number of thiocarbonyl (C=S) groups is 1. The summed E-state index contributed by atoms with van der Waals surface area (Å²) in [5, 5.41) is 3.42. The Hall–Kier alpha value is -1.16. The van der Waals surface area contributed by atoms with E-state index in [0.29, 0.717) is 16.6 Å². The molecule has 0 spiro atoms. The van der Waals surface area contributed by atoms with Crippen molar-refractivity contribution in [3.63, 3.8) is 0 Å². The summed E-state index contributed by atoms with van der Waals surface area (Å²) >= 11 is 5.00. The monoisotopic (exact) mass is 265 g/mol. The van der Waals surface area contributed by atoms with E-state index in [1.807, 2.05) is 12.1 Å². The van der Waals surface area contributed by atoms with Gasteiger partial charge in [0.15, 0.2) is 0 Å². The van der Waals surface area contributed by atoms with Gasteiger partial charge in [0.25, 0.3) is 0 Å². The van der Waals surface area contributed by atoms with Crippen molar-refractivity contribution in [3.8, 4) is 0 Å². The lowest BCUT2D eigenvalue weighted by atomic mass is 9.99. The largest absolute Gasteiger partial charge is 0.388 e. The van der Waals surface area contributed by atoms with Crippen molar-refractivity contribution in [2.75, 3.05) is 11.9 Å². The predicted molar refractivity (Wildman–Crippen MR) is 81.9 cm³/mol. The molecule has 0 aliphatic rings. The fourth-order valence-corrected chi connectivity index (χ4v) is 2.10. The van der Waals surface area contributed by atoms with Crippen molar-refractivity contribution in [3.05, 3.63) is 24.0 Å². The van der Waals surface area contributed by atoms with Gasteiger partial charge in [-0.15, -0.1) is 0 Å². The molecule has 18 heavy (non-hydrogen) atoms. The van der Waals surface area contributed by atoms with E-state index in [0.717, 1.165) is 12.2 Å². The van der Waals surface area contributed by atoms with Crippen LogP contribution in [0.5, 0.6) is 0 Å². The van der Waals surface area contributed by atoms with Crippen LogP contribution in [0.15, 0.2) is 18.3 Å². The summed E-state index contributed by atoms with van der Waals surface area (Å²) in [6, 6.07) is 3.88. The normalized spacial score (nSPS) is 12.1. The van der Waals surface area contributed by atoms with Crippen LogP contribution in [0.1, 0.15) is 45.2 Å². The first-order valence-electron chi connectivity index (χ1n) is 6.67. The van der Waals surface area contributed by atoms with E-state index in [-0.39, 0.29) is 0 Å². The fourth-order valence-electron chi connectivity index (χ4n) is 1.94. The van der Waals surface area contributed by atoms with Gasteiger partial charge in [-0.05, 0) is 24.5 Å². The molecule has 1 rings (SSSR count). The summed E-state index contributed by atoms with van der Waals surface area (Å²) in [6.45, 7) is 5.42. The Morgan fingerprint density at radius 2 is 2.28 bits per heavy atom. The van der Waals surface area contributed by atoms with E-state index in [2.05, 4.69) is 24.1 Å². The maximum absolute atomic E-state index is 5.66. The Morgan fingerprint density at radius 1 is 1.50 bits per heavy atom. The van der Waals surface area contributed by atoms with Gasteiger partial charge in [-0.2, -0.15) is 0 Å². The van der Waals surface area contributed by atoms with Gasteiger partial charge in [0.2, 0.25) is 0 Å². The van der Waals surface area contributed by atoms with Crippen molar-refractivity contribution >= 4 is 22.9 Å². The summed E-state index contributed by atoms with van der Waals surface area (Å²) in [6.07, 6.45) is 6.71. The number of nitrogens with two attached hydrogens (primary N) is 1. The molecule has 1 atom stereocenters. The topological polar surface area (TPSA) is 50.9 Å². The van der Waals surface area contributed by atoms with Gasteiger partial charge in [0.05, 0.1) is 5.69 Å². The molecular weight excluding hydrogens is 242 g/mol. The van der Waals surface area contributed by atoms with E-state index >= 15 is 0 Å². The van der Waals surface area contributed by atoms with Crippen LogP contribution in [-0.4, -0.2) is 16.5 Å². The van der Waals surface area contributed by atoms with Crippen LogP contribution in [-0.2, 0) is 0 Å². The molecule has 0 radical (unpaired) electrons. The highest BCUT2D eigenvalue weighted by Gasteiger charge is 2.09. The van der Waals surface area contributed by atoms with Crippen molar-refractivity contribution in [1.29, 1.82) is 0 Å².